The van der Waals surface area contributed by atoms with E-state index in [-0.39, 0.29) is 0 Å². The molecule has 0 aromatic heterocycles. The zero-order chi connectivity index (χ0) is 7.84. The fraction of sp³-hybridized carbons (Fsp3) is 0.400. The zero-order valence-electron chi connectivity index (χ0n) is 6.92. The molecule has 1 heterocycles. The molecule has 1 aromatic rings. The van der Waals surface area contributed by atoms with Crippen LogP contribution in [0.15, 0.2) is 23.1 Å². The maximum Gasteiger partial charge on any atom is 0.0110 e. The van der Waals surface area contributed by atoms with Crippen LogP contribution >= 0.6 is 11.8 Å². The van der Waals surface area contributed by atoms with E-state index in [1.807, 2.05) is 11.8 Å². The van der Waals surface area contributed by atoms with Gasteiger partial charge in [0.2, 0.25) is 0 Å². The average Bonchev–Trinajstić information content (AvgIpc) is 2.32. The van der Waals surface area contributed by atoms with Crippen molar-refractivity contribution in [2.45, 2.75) is 24.7 Å². The molecule has 0 fully saturated rings. The van der Waals surface area contributed by atoms with Gasteiger partial charge in [0.05, 0.1) is 0 Å². The fourth-order valence-corrected chi connectivity index (χ4v) is 2.79. The van der Waals surface area contributed by atoms with Crippen molar-refractivity contribution in [1.82, 2.24) is 0 Å². The van der Waals surface area contributed by atoms with Crippen molar-refractivity contribution in [2.75, 3.05) is 5.75 Å². The number of hydrogen-bond acceptors (Lipinski definition) is 1. The van der Waals surface area contributed by atoms with Crippen molar-refractivity contribution in [2.24, 2.45) is 0 Å². The van der Waals surface area contributed by atoms with E-state index in [4.69, 9.17) is 0 Å². The van der Waals surface area contributed by atoms with Gasteiger partial charge in [-0.25, -0.2) is 0 Å². The lowest BCUT2D eigenvalue weighted by molar-refractivity contribution is 0.881. The summed E-state index contributed by atoms with van der Waals surface area (Å²) in [6.07, 6.45) is 0. The third-order valence-electron chi connectivity index (χ3n) is 2.19. The largest absolute Gasteiger partial charge is 0.125 e. The Morgan fingerprint density at radius 3 is 3.09 bits per heavy atom. The second kappa shape index (κ2) is 2.56. The SMILES string of the molecule is Cc1ccc2c(c1)SC[C@H]2C. The van der Waals surface area contributed by atoms with Gasteiger partial charge in [0, 0.05) is 10.6 Å². The molecule has 58 valence electrons. The molecule has 1 atom stereocenters. The monoisotopic (exact) mass is 164 g/mol. The summed E-state index contributed by atoms with van der Waals surface area (Å²) in [6.45, 7) is 4.46. The number of fused-ring (bicyclic) bond motifs is 1. The lowest BCUT2D eigenvalue weighted by Gasteiger charge is -2.02. The molecule has 11 heavy (non-hydrogen) atoms. The maximum absolute atomic E-state index is 2.30. The van der Waals surface area contributed by atoms with Crippen LogP contribution in [0.25, 0.3) is 0 Å². The van der Waals surface area contributed by atoms with E-state index >= 15 is 0 Å². The predicted octanol–water partition coefficient (Wildman–Crippen LogP) is 3.20. The summed E-state index contributed by atoms with van der Waals surface area (Å²) in [7, 11) is 0. The molecule has 0 saturated heterocycles. The van der Waals surface area contributed by atoms with Crippen molar-refractivity contribution >= 4 is 11.8 Å². The van der Waals surface area contributed by atoms with E-state index in [1.165, 1.54) is 16.2 Å². The summed E-state index contributed by atoms with van der Waals surface area (Å²) < 4.78 is 0. The normalized spacial score (nSPS) is 21.8. The standard InChI is InChI=1S/C10H12S/c1-7-3-4-9-8(2)6-11-10(9)5-7/h3-5,8H,6H2,1-2H3/t8-/m1/s1. The molecule has 0 saturated carbocycles. The maximum atomic E-state index is 2.30. The number of rotatable bonds is 0. The van der Waals surface area contributed by atoms with Gasteiger partial charge in [-0.1, -0.05) is 24.6 Å². The minimum Gasteiger partial charge on any atom is -0.125 e. The van der Waals surface area contributed by atoms with Crippen molar-refractivity contribution in [3.05, 3.63) is 29.3 Å². The lowest BCUT2D eigenvalue weighted by atomic mass is 10.0. The van der Waals surface area contributed by atoms with Gasteiger partial charge >= 0.3 is 0 Å². The van der Waals surface area contributed by atoms with Gasteiger partial charge < -0.3 is 0 Å². The molecule has 0 amide bonds. The predicted molar refractivity (Wildman–Crippen MR) is 50.3 cm³/mol. The van der Waals surface area contributed by atoms with Crippen molar-refractivity contribution in [3.63, 3.8) is 0 Å². The van der Waals surface area contributed by atoms with Crippen LogP contribution in [-0.2, 0) is 0 Å². The molecular formula is C10H12S. The van der Waals surface area contributed by atoms with Crippen molar-refractivity contribution in [1.29, 1.82) is 0 Å². The van der Waals surface area contributed by atoms with Gasteiger partial charge in [-0.3, -0.25) is 0 Å². The number of aryl methyl sites for hydroxylation is 1. The molecule has 1 aliphatic heterocycles. The molecule has 1 heteroatoms. The Hall–Kier alpha value is -0.430. The molecule has 0 radical (unpaired) electrons. The summed E-state index contributed by atoms with van der Waals surface area (Å²) in [5.74, 6) is 2.02. The highest BCUT2D eigenvalue weighted by Gasteiger charge is 2.18. The Labute approximate surface area is 72.0 Å². The highest BCUT2D eigenvalue weighted by molar-refractivity contribution is 7.99. The summed E-state index contributed by atoms with van der Waals surface area (Å²) in [5.41, 5.74) is 2.92. The molecule has 0 unspecified atom stereocenters. The highest BCUT2D eigenvalue weighted by Crippen LogP contribution is 2.39. The van der Waals surface area contributed by atoms with E-state index in [0.717, 1.165) is 5.92 Å². The van der Waals surface area contributed by atoms with Crippen LogP contribution < -0.4 is 0 Å². The van der Waals surface area contributed by atoms with Gasteiger partial charge in [0.1, 0.15) is 0 Å². The smallest absolute Gasteiger partial charge is 0.0110 e. The van der Waals surface area contributed by atoms with E-state index in [0.29, 0.717) is 0 Å². The minimum atomic E-state index is 0.760. The van der Waals surface area contributed by atoms with Crippen molar-refractivity contribution < 1.29 is 0 Å². The molecule has 0 bridgehead atoms. The topological polar surface area (TPSA) is 0 Å². The van der Waals surface area contributed by atoms with Crippen LogP contribution in [0.1, 0.15) is 24.0 Å². The molecular weight excluding hydrogens is 152 g/mol. The molecule has 2 rings (SSSR count). The van der Waals surface area contributed by atoms with Crippen LogP contribution in [-0.4, -0.2) is 5.75 Å². The third kappa shape index (κ3) is 1.18. The molecule has 1 aromatic carbocycles. The molecule has 0 N–H and O–H groups in total. The number of benzene rings is 1. The van der Waals surface area contributed by atoms with Crippen LogP contribution in [0.3, 0.4) is 0 Å². The third-order valence-corrected chi connectivity index (χ3v) is 3.52. The molecule has 0 spiro atoms. The summed E-state index contributed by atoms with van der Waals surface area (Å²) >= 11 is 1.99. The van der Waals surface area contributed by atoms with Crippen LogP contribution in [0, 0.1) is 6.92 Å². The van der Waals surface area contributed by atoms with Gasteiger partial charge in [-0.2, -0.15) is 0 Å². The number of hydrogen-bond donors (Lipinski definition) is 0. The minimum absolute atomic E-state index is 0.760. The Bertz CT molecular complexity index is 278. The van der Waals surface area contributed by atoms with E-state index in [2.05, 4.69) is 32.0 Å². The number of thioether (sulfide) groups is 1. The van der Waals surface area contributed by atoms with Gasteiger partial charge in [0.15, 0.2) is 0 Å². The molecule has 0 aliphatic carbocycles. The summed E-state index contributed by atoms with van der Waals surface area (Å²) in [5, 5.41) is 0. The van der Waals surface area contributed by atoms with E-state index in [9.17, 15) is 0 Å². The van der Waals surface area contributed by atoms with Crippen LogP contribution in [0.5, 0.6) is 0 Å². The Morgan fingerprint density at radius 2 is 2.27 bits per heavy atom. The van der Waals surface area contributed by atoms with E-state index in [1.54, 1.807) is 5.56 Å². The quantitative estimate of drug-likeness (QED) is 0.567. The van der Waals surface area contributed by atoms with Gasteiger partial charge in [-0.15, -0.1) is 11.8 Å². The van der Waals surface area contributed by atoms with Gasteiger partial charge in [0.25, 0.3) is 0 Å². The second-order valence-electron chi connectivity index (χ2n) is 3.25. The second-order valence-corrected chi connectivity index (χ2v) is 4.32. The van der Waals surface area contributed by atoms with Crippen molar-refractivity contribution in [3.8, 4) is 0 Å². The van der Waals surface area contributed by atoms with Crippen LogP contribution in [0.4, 0.5) is 0 Å². The fourth-order valence-electron chi connectivity index (χ4n) is 1.48. The first-order valence-corrected chi connectivity index (χ1v) is 4.99. The first kappa shape index (κ1) is 7.23. The molecule has 1 aliphatic rings. The lowest BCUT2D eigenvalue weighted by Crippen LogP contribution is -1.88. The first-order chi connectivity index (χ1) is 5.27. The first-order valence-electron chi connectivity index (χ1n) is 4.01. The van der Waals surface area contributed by atoms with Crippen LogP contribution in [0.2, 0.25) is 0 Å². The summed E-state index contributed by atoms with van der Waals surface area (Å²) in [4.78, 5) is 1.50. The average molecular weight is 164 g/mol. The van der Waals surface area contributed by atoms with Gasteiger partial charge in [-0.05, 0) is 24.5 Å². The Kier molecular flexibility index (Phi) is 1.68. The Morgan fingerprint density at radius 1 is 1.45 bits per heavy atom. The van der Waals surface area contributed by atoms with E-state index < -0.39 is 0 Å². The Balaban J connectivity index is 2.50. The summed E-state index contributed by atoms with van der Waals surface area (Å²) in [6, 6.07) is 6.78. The molecule has 0 nitrogen and oxygen atoms in total. The highest BCUT2D eigenvalue weighted by atomic mass is 32.2. The zero-order valence-corrected chi connectivity index (χ0v) is 7.74.